The van der Waals surface area contributed by atoms with Crippen molar-refractivity contribution in [3.8, 4) is 11.4 Å². The fraction of sp³-hybridized carbons (Fsp3) is 0.400. The fourth-order valence-corrected chi connectivity index (χ4v) is 3.62. The molecule has 136 valence electrons. The van der Waals surface area contributed by atoms with Gasteiger partial charge in [-0.25, -0.2) is 4.98 Å². The second-order valence-electron chi connectivity index (χ2n) is 7.05. The molecule has 0 aliphatic carbocycles. The van der Waals surface area contributed by atoms with Crippen molar-refractivity contribution in [3.63, 3.8) is 0 Å². The van der Waals surface area contributed by atoms with Crippen LogP contribution in [0.5, 0.6) is 0 Å². The lowest BCUT2D eigenvalue weighted by Crippen LogP contribution is -2.37. The van der Waals surface area contributed by atoms with E-state index in [9.17, 15) is 5.11 Å². The molecule has 2 aromatic heterocycles. The lowest BCUT2D eigenvalue weighted by molar-refractivity contribution is -0.0250. The normalized spacial score (nSPS) is 16.7. The SMILES string of the molecule is OCC1(Cn2ccnc2-c2cccc(Cn3cccn3)c2)CCOCC1. The lowest BCUT2D eigenvalue weighted by Gasteiger charge is -2.36. The highest BCUT2D eigenvalue weighted by molar-refractivity contribution is 5.56. The molecular formula is C20H24N4O2. The summed E-state index contributed by atoms with van der Waals surface area (Å²) < 4.78 is 9.55. The smallest absolute Gasteiger partial charge is 0.139 e. The molecule has 4 rings (SSSR count). The minimum absolute atomic E-state index is 0.125. The number of benzene rings is 1. The Kier molecular flexibility index (Phi) is 4.86. The van der Waals surface area contributed by atoms with Gasteiger partial charge in [0.15, 0.2) is 0 Å². The zero-order valence-corrected chi connectivity index (χ0v) is 14.8. The Bertz CT molecular complexity index is 835. The van der Waals surface area contributed by atoms with Gasteiger partial charge in [-0.1, -0.05) is 18.2 Å². The van der Waals surface area contributed by atoms with Crippen LogP contribution in [0.4, 0.5) is 0 Å². The summed E-state index contributed by atoms with van der Waals surface area (Å²) in [5.41, 5.74) is 2.14. The van der Waals surface area contributed by atoms with Crippen molar-refractivity contribution < 1.29 is 9.84 Å². The Morgan fingerprint density at radius 3 is 2.77 bits per heavy atom. The van der Waals surface area contributed by atoms with Gasteiger partial charge in [0, 0.05) is 55.5 Å². The summed E-state index contributed by atoms with van der Waals surface area (Å²) in [4.78, 5) is 4.58. The second kappa shape index (κ2) is 7.43. The molecule has 3 aromatic rings. The average molecular weight is 352 g/mol. The Balaban J connectivity index is 1.58. The number of nitrogens with zero attached hydrogens (tertiary/aromatic N) is 4. The molecule has 1 N–H and O–H groups in total. The number of hydrogen-bond donors (Lipinski definition) is 1. The van der Waals surface area contributed by atoms with Gasteiger partial charge < -0.3 is 14.4 Å². The highest BCUT2D eigenvalue weighted by Crippen LogP contribution is 2.33. The molecule has 1 saturated heterocycles. The molecule has 0 spiro atoms. The molecule has 0 saturated carbocycles. The van der Waals surface area contributed by atoms with Crippen LogP contribution in [0, 0.1) is 5.41 Å². The minimum Gasteiger partial charge on any atom is -0.396 e. The first-order valence-corrected chi connectivity index (χ1v) is 9.05. The van der Waals surface area contributed by atoms with Crippen LogP contribution in [0.3, 0.4) is 0 Å². The quantitative estimate of drug-likeness (QED) is 0.741. The summed E-state index contributed by atoms with van der Waals surface area (Å²) in [6.07, 6.45) is 9.34. The van der Waals surface area contributed by atoms with Crippen LogP contribution in [0.1, 0.15) is 18.4 Å². The highest BCUT2D eigenvalue weighted by atomic mass is 16.5. The molecule has 1 aliphatic heterocycles. The van der Waals surface area contributed by atoms with Gasteiger partial charge in [0.1, 0.15) is 5.82 Å². The predicted molar refractivity (Wildman–Crippen MR) is 98.6 cm³/mol. The van der Waals surface area contributed by atoms with E-state index in [0.29, 0.717) is 13.2 Å². The van der Waals surface area contributed by atoms with E-state index in [0.717, 1.165) is 37.3 Å². The maximum atomic E-state index is 9.99. The maximum absolute atomic E-state index is 9.99. The number of rotatable bonds is 6. The topological polar surface area (TPSA) is 65.1 Å². The summed E-state index contributed by atoms with van der Waals surface area (Å²) in [7, 11) is 0. The number of ether oxygens (including phenoxy) is 1. The van der Waals surface area contributed by atoms with Crippen molar-refractivity contribution in [1.29, 1.82) is 0 Å². The number of aliphatic hydroxyl groups excluding tert-OH is 1. The molecule has 26 heavy (non-hydrogen) atoms. The zero-order chi connectivity index (χ0) is 17.8. The predicted octanol–water partition coefficient (Wildman–Crippen LogP) is 2.58. The van der Waals surface area contributed by atoms with Crippen molar-refractivity contribution >= 4 is 0 Å². The molecule has 0 unspecified atom stereocenters. The molecular weight excluding hydrogens is 328 g/mol. The van der Waals surface area contributed by atoms with E-state index >= 15 is 0 Å². The highest BCUT2D eigenvalue weighted by Gasteiger charge is 2.33. The van der Waals surface area contributed by atoms with E-state index in [1.807, 2.05) is 29.3 Å². The van der Waals surface area contributed by atoms with E-state index in [1.165, 1.54) is 5.56 Å². The van der Waals surface area contributed by atoms with E-state index in [2.05, 4.69) is 38.9 Å². The lowest BCUT2D eigenvalue weighted by atomic mass is 9.81. The Hall–Kier alpha value is -2.44. The van der Waals surface area contributed by atoms with E-state index in [-0.39, 0.29) is 12.0 Å². The number of imidazole rings is 1. The second-order valence-corrected chi connectivity index (χ2v) is 7.05. The molecule has 0 radical (unpaired) electrons. The van der Waals surface area contributed by atoms with Crippen molar-refractivity contribution in [3.05, 3.63) is 60.7 Å². The maximum Gasteiger partial charge on any atom is 0.139 e. The minimum atomic E-state index is -0.125. The molecule has 3 heterocycles. The third-order valence-corrected chi connectivity index (χ3v) is 5.20. The molecule has 6 nitrogen and oxygen atoms in total. The summed E-state index contributed by atoms with van der Waals surface area (Å²) >= 11 is 0. The first kappa shape index (κ1) is 17.0. The summed E-state index contributed by atoms with van der Waals surface area (Å²) in [6.45, 7) is 3.09. The van der Waals surface area contributed by atoms with E-state index < -0.39 is 0 Å². The molecule has 1 aromatic carbocycles. The molecule has 0 bridgehead atoms. The van der Waals surface area contributed by atoms with E-state index in [1.54, 1.807) is 6.20 Å². The van der Waals surface area contributed by atoms with Gasteiger partial charge in [-0.15, -0.1) is 0 Å². The molecule has 1 aliphatic rings. The van der Waals surface area contributed by atoms with E-state index in [4.69, 9.17) is 4.74 Å². The fourth-order valence-electron chi connectivity index (χ4n) is 3.62. The third kappa shape index (κ3) is 3.57. The van der Waals surface area contributed by atoms with Gasteiger partial charge in [-0.05, 0) is 30.5 Å². The standard InChI is InChI=1S/C20H24N4O2/c25-16-20(5-11-26-12-6-20)15-23-10-8-21-19(23)18-4-1-3-17(13-18)14-24-9-2-7-22-24/h1-4,7-10,13,25H,5-6,11-12,14-16H2. The molecule has 0 atom stereocenters. The third-order valence-electron chi connectivity index (χ3n) is 5.20. The van der Waals surface area contributed by atoms with Crippen LogP contribution < -0.4 is 0 Å². The monoisotopic (exact) mass is 352 g/mol. The van der Waals surface area contributed by atoms with Gasteiger partial charge in [-0.2, -0.15) is 5.10 Å². The van der Waals surface area contributed by atoms with Crippen LogP contribution in [0.25, 0.3) is 11.4 Å². The molecule has 0 amide bonds. The van der Waals surface area contributed by atoms with Crippen LogP contribution in [-0.2, 0) is 17.8 Å². The van der Waals surface area contributed by atoms with Crippen LogP contribution in [0.2, 0.25) is 0 Å². The average Bonchev–Trinajstić information content (AvgIpc) is 3.35. The first-order chi connectivity index (χ1) is 12.8. The number of aromatic nitrogens is 4. The zero-order valence-electron chi connectivity index (χ0n) is 14.8. The van der Waals surface area contributed by atoms with Gasteiger partial charge in [-0.3, -0.25) is 4.68 Å². The Morgan fingerprint density at radius 2 is 2.00 bits per heavy atom. The summed E-state index contributed by atoms with van der Waals surface area (Å²) in [5.74, 6) is 0.937. The summed E-state index contributed by atoms with van der Waals surface area (Å²) in [6, 6.07) is 10.3. The van der Waals surface area contributed by atoms with Gasteiger partial charge >= 0.3 is 0 Å². The van der Waals surface area contributed by atoms with Crippen molar-refractivity contribution in [1.82, 2.24) is 19.3 Å². The Labute approximate surface area is 153 Å². The molecule has 6 heteroatoms. The van der Waals surface area contributed by atoms with Crippen molar-refractivity contribution in [2.45, 2.75) is 25.9 Å². The first-order valence-electron chi connectivity index (χ1n) is 9.05. The van der Waals surface area contributed by atoms with Crippen LogP contribution in [-0.4, -0.2) is 44.3 Å². The number of aliphatic hydroxyl groups is 1. The van der Waals surface area contributed by atoms with Gasteiger partial charge in [0.25, 0.3) is 0 Å². The number of hydrogen-bond acceptors (Lipinski definition) is 4. The summed E-state index contributed by atoms with van der Waals surface area (Å²) in [5, 5.41) is 14.3. The van der Waals surface area contributed by atoms with Crippen molar-refractivity contribution in [2.75, 3.05) is 19.8 Å². The largest absolute Gasteiger partial charge is 0.396 e. The van der Waals surface area contributed by atoms with Gasteiger partial charge in [0.05, 0.1) is 13.2 Å². The van der Waals surface area contributed by atoms with Crippen LogP contribution >= 0.6 is 0 Å². The van der Waals surface area contributed by atoms with Crippen molar-refractivity contribution in [2.24, 2.45) is 5.41 Å². The van der Waals surface area contributed by atoms with Crippen LogP contribution in [0.15, 0.2) is 55.1 Å². The Morgan fingerprint density at radius 1 is 1.12 bits per heavy atom. The van der Waals surface area contributed by atoms with Gasteiger partial charge in [0.2, 0.25) is 0 Å². The molecule has 1 fully saturated rings.